The van der Waals surface area contributed by atoms with Crippen LogP contribution < -0.4 is 0 Å². The monoisotopic (exact) mass is 396 g/mol. The Morgan fingerprint density at radius 1 is 0.690 bits per heavy atom. The van der Waals surface area contributed by atoms with Crippen molar-refractivity contribution in [3.8, 4) is 0 Å². The van der Waals surface area contributed by atoms with E-state index in [4.69, 9.17) is 0 Å². The Bertz CT molecular complexity index is 686. The van der Waals surface area contributed by atoms with Gasteiger partial charge in [0.2, 0.25) is 0 Å². The summed E-state index contributed by atoms with van der Waals surface area (Å²) >= 11 is 0. The molecule has 0 radical (unpaired) electrons. The average molecular weight is 397 g/mol. The second kappa shape index (κ2) is 6.38. The van der Waals surface area contributed by atoms with Crippen molar-refractivity contribution in [1.29, 1.82) is 0 Å². The fourth-order valence-corrected chi connectivity index (χ4v) is 11.1. The first-order valence-electron chi connectivity index (χ1n) is 13.2. The fourth-order valence-electron chi connectivity index (χ4n) is 11.1. The zero-order valence-electron chi connectivity index (χ0n) is 20.4. The molecule has 0 heteroatoms. The molecule has 0 amide bonds. The molecule has 0 aromatic heterocycles. The maximum Gasteiger partial charge on any atom is -0.0175 e. The minimum Gasteiger partial charge on any atom is -0.0999 e. The van der Waals surface area contributed by atoms with E-state index >= 15 is 0 Å². The molecule has 0 bridgehead atoms. The Balaban J connectivity index is 1.49. The third-order valence-electron chi connectivity index (χ3n) is 12.8. The lowest BCUT2D eigenvalue weighted by atomic mass is 9.34. The molecular formula is C29H48. The number of rotatable bonds is 1. The van der Waals surface area contributed by atoms with Crippen molar-refractivity contribution in [3.63, 3.8) is 0 Å². The van der Waals surface area contributed by atoms with Crippen LogP contribution in [0.5, 0.6) is 0 Å². The second-order valence-electron chi connectivity index (χ2n) is 13.9. The lowest BCUT2D eigenvalue weighted by Crippen LogP contribution is -2.63. The van der Waals surface area contributed by atoms with Gasteiger partial charge in [0.15, 0.2) is 0 Å². The summed E-state index contributed by atoms with van der Waals surface area (Å²) in [6, 6.07) is 0. The predicted octanol–water partition coefficient (Wildman–Crippen LogP) is 8.66. The van der Waals surface area contributed by atoms with Gasteiger partial charge in [0.05, 0.1) is 0 Å². The molecule has 0 aromatic rings. The summed E-state index contributed by atoms with van der Waals surface area (Å²) < 4.78 is 0. The minimum atomic E-state index is 0.567. The molecule has 2 unspecified atom stereocenters. The lowest BCUT2D eigenvalue weighted by Gasteiger charge is -2.70. The fraction of sp³-hybridized carbons (Fsp3) is 0.931. The Morgan fingerprint density at radius 3 is 2.10 bits per heavy atom. The van der Waals surface area contributed by atoms with Gasteiger partial charge in [-0.1, -0.05) is 53.2 Å². The van der Waals surface area contributed by atoms with Gasteiger partial charge in [0.1, 0.15) is 0 Å². The molecule has 0 spiro atoms. The molecule has 5 aliphatic rings. The summed E-state index contributed by atoms with van der Waals surface area (Å²) in [7, 11) is 0. The SMILES string of the molecule is C=C(C)[C@H]1CC[C@]2(C)C3CC[C@@H]4[C@H]5CCCC(C)(C)C5CC[C@@]4(C)[C@]3(C)CC[C@@H]12. The molecule has 0 nitrogen and oxygen atoms in total. The number of hydrogen-bond acceptors (Lipinski definition) is 0. The Labute approximate surface area is 181 Å². The predicted molar refractivity (Wildman–Crippen MR) is 125 cm³/mol. The first-order chi connectivity index (χ1) is 13.5. The zero-order valence-corrected chi connectivity index (χ0v) is 20.4. The van der Waals surface area contributed by atoms with E-state index < -0.39 is 0 Å². The number of allylic oxidation sites excluding steroid dienone is 1. The normalized spacial score (nSPS) is 55.9. The first kappa shape index (κ1) is 20.6. The van der Waals surface area contributed by atoms with E-state index in [9.17, 15) is 0 Å². The van der Waals surface area contributed by atoms with Gasteiger partial charge in [-0.25, -0.2) is 0 Å². The topological polar surface area (TPSA) is 0 Å². The molecule has 9 atom stereocenters. The van der Waals surface area contributed by atoms with Crippen molar-refractivity contribution in [2.24, 2.45) is 57.2 Å². The van der Waals surface area contributed by atoms with E-state index in [2.05, 4.69) is 48.1 Å². The summed E-state index contributed by atoms with van der Waals surface area (Å²) in [5, 5.41) is 0. The highest BCUT2D eigenvalue weighted by atomic mass is 14.7. The van der Waals surface area contributed by atoms with Crippen LogP contribution >= 0.6 is 0 Å². The molecule has 29 heavy (non-hydrogen) atoms. The van der Waals surface area contributed by atoms with Crippen LogP contribution in [0.1, 0.15) is 112 Å². The van der Waals surface area contributed by atoms with E-state index in [1.165, 1.54) is 76.2 Å². The molecule has 0 N–H and O–H groups in total. The lowest BCUT2D eigenvalue weighted by molar-refractivity contribution is -0.214. The van der Waals surface area contributed by atoms with E-state index in [-0.39, 0.29) is 0 Å². The molecule has 5 rings (SSSR count). The van der Waals surface area contributed by atoms with Crippen LogP contribution in [-0.4, -0.2) is 0 Å². The highest BCUT2D eigenvalue weighted by molar-refractivity contribution is 5.19. The highest BCUT2D eigenvalue weighted by Gasteiger charge is 2.67. The molecule has 164 valence electrons. The van der Waals surface area contributed by atoms with Crippen LogP contribution in [0.4, 0.5) is 0 Å². The summed E-state index contributed by atoms with van der Waals surface area (Å²) in [6.07, 6.45) is 16.4. The summed E-state index contributed by atoms with van der Waals surface area (Å²) in [6.45, 7) is 20.2. The molecule has 5 aliphatic carbocycles. The van der Waals surface area contributed by atoms with Crippen LogP contribution in [0.25, 0.3) is 0 Å². The van der Waals surface area contributed by atoms with Crippen LogP contribution in [0, 0.1) is 57.2 Å². The standard InChI is InChI=1S/C29H48/c1-19(2)20-12-16-27(5)23(20)14-18-29(7)25(27)11-10-24-21-9-8-15-26(3,4)22(21)13-17-28(24,29)6/h20-25H,1,8-18H2,2-7H3/t20-,21+,22?,23+,24-,25?,27+,28-,29-/m1/s1. The zero-order chi connectivity index (χ0) is 20.8. The smallest absolute Gasteiger partial charge is 0.0175 e. The third kappa shape index (κ3) is 2.56. The van der Waals surface area contributed by atoms with Crippen molar-refractivity contribution >= 4 is 0 Å². The van der Waals surface area contributed by atoms with Gasteiger partial charge in [-0.15, -0.1) is 0 Å². The maximum atomic E-state index is 4.42. The molecule has 0 aliphatic heterocycles. The van der Waals surface area contributed by atoms with Gasteiger partial charge >= 0.3 is 0 Å². The van der Waals surface area contributed by atoms with Gasteiger partial charge in [0.25, 0.3) is 0 Å². The van der Waals surface area contributed by atoms with Crippen molar-refractivity contribution in [2.45, 2.75) is 112 Å². The molecule has 0 saturated heterocycles. The maximum absolute atomic E-state index is 4.42. The van der Waals surface area contributed by atoms with Crippen molar-refractivity contribution in [1.82, 2.24) is 0 Å². The van der Waals surface area contributed by atoms with Crippen molar-refractivity contribution in [3.05, 3.63) is 12.2 Å². The average Bonchev–Trinajstić information content (AvgIpc) is 2.99. The number of hydrogen-bond donors (Lipinski definition) is 0. The molecular weight excluding hydrogens is 348 g/mol. The van der Waals surface area contributed by atoms with Gasteiger partial charge < -0.3 is 0 Å². The van der Waals surface area contributed by atoms with Crippen LogP contribution in [-0.2, 0) is 0 Å². The minimum absolute atomic E-state index is 0.567. The van der Waals surface area contributed by atoms with Crippen molar-refractivity contribution in [2.75, 3.05) is 0 Å². The second-order valence-corrected chi connectivity index (χ2v) is 13.9. The van der Waals surface area contributed by atoms with Crippen LogP contribution in [0.2, 0.25) is 0 Å². The highest BCUT2D eigenvalue weighted by Crippen LogP contribution is 2.75. The van der Waals surface area contributed by atoms with E-state index in [1.54, 1.807) is 0 Å². The summed E-state index contributed by atoms with van der Waals surface area (Å²) in [4.78, 5) is 0. The van der Waals surface area contributed by atoms with Gasteiger partial charge in [-0.3, -0.25) is 0 Å². The van der Waals surface area contributed by atoms with E-state index in [0.717, 1.165) is 35.5 Å². The summed E-state index contributed by atoms with van der Waals surface area (Å²) in [5.74, 6) is 5.70. The molecule has 5 fully saturated rings. The largest absolute Gasteiger partial charge is 0.0999 e. The molecule has 0 heterocycles. The Hall–Kier alpha value is -0.260. The number of fused-ring (bicyclic) bond motifs is 7. The van der Waals surface area contributed by atoms with Gasteiger partial charge in [-0.05, 0) is 128 Å². The summed E-state index contributed by atoms with van der Waals surface area (Å²) in [5.41, 5.74) is 3.79. The van der Waals surface area contributed by atoms with Crippen LogP contribution in [0.3, 0.4) is 0 Å². The molecule has 0 aromatic carbocycles. The Morgan fingerprint density at radius 2 is 1.38 bits per heavy atom. The first-order valence-corrected chi connectivity index (χ1v) is 13.2. The van der Waals surface area contributed by atoms with E-state index in [1.807, 2.05) is 0 Å². The van der Waals surface area contributed by atoms with Gasteiger partial charge in [-0.2, -0.15) is 0 Å². The van der Waals surface area contributed by atoms with Crippen LogP contribution in [0.15, 0.2) is 12.2 Å². The van der Waals surface area contributed by atoms with E-state index in [0.29, 0.717) is 21.7 Å². The quantitative estimate of drug-likeness (QED) is 0.389. The van der Waals surface area contributed by atoms with Crippen molar-refractivity contribution < 1.29 is 0 Å². The molecule has 5 saturated carbocycles. The van der Waals surface area contributed by atoms with Gasteiger partial charge in [0, 0.05) is 0 Å². The Kier molecular flexibility index (Phi) is 4.54. The third-order valence-corrected chi connectivity index (χ3v) is 12.8.